The van der Waals surface area contributed by atoms with Gasteiger partial charge in [-0.3, -0.25) is 0 Å². The second-order valence-electron chi connectivity index (χ2n) is 3.26. The van der Waals surface area contributed by atoms with Crippen molar-refractivity contribution < 1.29 is 0 Å². The molecule has 0 aliphatic rings. The Hall–Kier alpha value is -0.715. The van der Waals surface area contributed by atoms with Crippen molar-refractivity contribution in [1.82, 2.24) is 0 Å². The molecule has 0 atom stereocenters. The van der Waals surface area contributed by atoms with Gasteiger partial charge in [0.2, 0.25) is 0 Å². The topological polar surface area (TPSA) is 0 Å². The lowest BCUT2D eigenvalue weighted by Gasteiger charge is -1.98. The predicted octanol–water partition coefficient (Wildman–Crippen LogP) is 2.54. The van der Waals surface area contributed by atoms with Crippen molar-refractivity contribution in [3.63, 3.8) is 0 Å². The van der Waals surface area contributed by atoms with Crippen molar-refractivity contribution in [3.05, 3.63) is 29.8 Å². The summed E-state index contributed by atoms with van der Waals surface area (Å²) in [6, 6.07) is 8.70. The number of hydrogen-bond donors (Lipinski definition) is 0. The Kier molecular flexibility index (Phi) is 3.92. The van der Waals surface area contributed by atoms with Crippen molar-refractivity contribution in [1.29, 1.82) is 0 Å². The third kappa shape index (κ3) is 3.12. The van der Waals surface area contributed by atoms with Crippen LogP contribution in [0.2, 0.25) is 6.32 Å². The maximum atomic E-state index is 2.31. The highest BCUT2D eigenvalue weighted by molar-refractivity contribution is 6.53. The first-order valence-corrected chi connectivity index (χ1v) is 4.73. The van der Waals surface area contributed by atoms with Crippen LogP contribution in [0.5, 0.6) is 0 Å². The maximum Gasteiger partial charge on any atom is 0.151 e. The lowest BCUT2D eigenvalue weighted by Crippen LogP contribution is -2.12. The Balaban J connectivity index is 2.37. The van der Waals surface area contributed by atoms with Gasteiger partial charge in [-0.25, -0.2) is 0 Å². The van der Waals surface area contributed by atoms with E-state index >= 15 is 0 Å². The van der Waals surface area contributed by atoms with E-state index in [0.29, 0.717) is 0 Å². The fourth-order valence-electron chi connectivity index (χ4n) is 1.18. The van der Waals surface area contributed by atoms with Crippen LogP contribution >= 0.6 is 0 Å². The van der Waals surface area contributed by atoms with Crippen molar-refractivity contribution in [2.24, 2.45) is 0 Å². The van der Waals surface area contributed by atoms with Gasteiger partial charge in [-0.05, 0) is 6.92 Å². The Labute approximate surface area is 76.2 Å². The van der Waals surface area contributed by atoms with Gasteiger partial charge in [0.05, 0.1) is 0 Å². The molecule has 1 aromatic carbocycles. The molecule has 0 aliphatic heterocycles. The SMILES string of the molecule is CCCC[B]c1ccc(C)cc1. The van der Waals surface area contributed by atoms with Gasteiger partial charge in [0.1, 0.15) is 0 Å². The third-order valence-electron chi connectivity index (χ3n) is 2.02. The number of benzene rings is 1. The van der Waals surface area contributed by atoms with E-state index in [0.717, 1.165) is 0 Å². The van der Waals surface area contributed by atoms with E-state index in [1.807, 2.05) is 0 Å². The molecular weight excluding hydrogens is 143 g/mol. The van der Waals surface area contributed by atoms with Crippen LogP contribution in [0, 0.1) is 6.92 Å². The largest absolute Gasteiger partial charge is 0.151 e. The van der Waals surface area contributed by atoms with Crippen LogP contribution < -0.4 is 5.46 Å². The minimum absolute atomic E-state index is 1.21. The van der Waals surface area contributed by atoms with E-state index < -0.39 is 0 Å². The predicted molar refractivity (Wildman–Crippen MR) is 56.3 cm³/mol. The zero-order valence-corrected chi connectivity index (χ0v) is 8.01. The number of aryl methyl sites for hydroxylation is 1. The van der Waals surface area contributed by atoms with Gasteiger partial charge in [0, 0.05) is 0 Å². The van der Waals surface area contributed by atoms with E-state index in [4.69, 9.17) is 0 Å². The van der Waals surface area contributed by atoms with Crippen molar-refractivity contribution in [2.75, 3.05) is 0 Å². The van der Waals surface area contributed by atoms with Crippen molar-refractivity contribution >= 4 is 12.7 Å². The van der Waals surface area contributed by atoms with Gasteiger partial charge < -0.3 is 0 Å². The highest BCUT2D eigenvalue weighted by Gasteiger charge is 1.93. The summed E-state index contributed by atoms with van der Waals surface area (Å²) in [5, 5.41) is 0. The molecule has 0 unspecified atom stereocenters. The van der Waals surface area contributed by atoms with Crippen LogP contribution in [0.25, 0.3) is 0 Å². The van der Waals surface area contributed by atoms with E-state index in [-0.39, 0.29) is 0 Å². The monoisotopic (exact) mass is 159 g/mol. The third-order valence-corrected chi connectivity index (χ3v) is 2.02. The Bertz CT molecular complexity index is 213. The molecule has 1 aromatic rings. The molecule has 0 amide bonds. The second kappa shape index (κ2) is 5.02. The van der Waals surface area contributed by atoms with Crippen LogP contribution in [-0.4, -0.2) is 7.28 Å². The summed E-state index contributed by atoms with van der Waals surface area (Å²) in [7, 11) is 2.31. The molecule has 0 fully saturated rings. The Morgan fingerprint density at radius 2 is 1.83 bits per heavy atom. The minimum Gasteiger partial charge on any atom is -0.0878 e. The summed E-state index contributed by atoms with van der Waals surface area (Å²) in [5.41, 5.74) is 2.69. The number of unbranched alkanes of at least 4 members (excludes halogenated alkanes) is 1. The second-order valence-corrected chi connectivity index (χ2v) is 3.26. The Morgan fingerprint density at radius 1 is 1.17 bits per heavy atom. The molecule has 0 nitrogen and oxygen atoms in total. The summed E-state index contributed by atoms with van der Waals surface area (Å²) in [4.78, 5) is 0. The molecule has 0 saturated heterocycles. The molecule has 63 valence electrons. The van der Waals surface area contributed by atoms with Crippen LogP contribution in [0.15, 0.2) is 24.3 Å². The van der Waals surface area contributed by atoms with E-state index in [2.05, 4.69) is 45.4 Å². The average Bonchev–Trinajstić information content (AvgIpc) is 2.09. The number of hydrogen-bond acceptors (Lipinski definition) is 0. The minimum atomic E-state index is 1.21. The summed E-state index contributed by atoms with van der Waals surface area (Å²) in [5.74, 6) is 0. The molecule has 12 heavy (non-hydrogen) atoms. The first-order chi connectivity index (χ1) is 5.83. The highest BCUT2D eigenvalue weighted by Crippen LogP contribution is 1.96. The lowest BCUT2D eigenvalue weighted by molar-refractivity contribution is 0.881. The van der Waals surface area contributed by atoms with Crippen molar-refractivity contribution in [3.8, 4) is 0 Å². The highest BCUT2D eigenvalue weighted by atomic mass is 13.9. The molecule has 1 radical (unpaired) electrons. The number of rotatable bonds is 4. The molecule has 1 rings (SSSR count). The molecule has 1 heteroatoms. The summed E-state index contributed by atoms with van der Waals surface area (Å²) >= 11 is 0. The smallest absolute Gasteiger partial charge is 0.0878 e. The zero-order chi connectivity index (χ0) is 8.81. The molecule has 0 N–H and O–H groups in total. The van der Waals surface area contributed by atoms with Gasteiger partial charge in [-0.15, -0.1) is 0 Å². The zero-order valence-electron chi connectivity index (χ0n) is 8.01. The lowest BCUT2D eigenvalue weighted by atomic mass is 9.66. The summed E-state index contributed by atoms with van der Waals surface area (Å²) < 4.78 is 0. The van der Waals surface area contributed by atoms with Gasteiger partial charge in [0.25, 0.3) is 0 Å². The molecule has 0 aliphatic carbocycles. The molecule has 0 spiro atoms. The normalized spacial score (nSPS) is 9.83. The standard InChI is InChI=1S/C11H16B/c1-3-4-9-12-11-7-5-10(2)6-8-11/h5-8H,3-4,9H2,1-2H3. The van der Waals surface area contributed by atoms with E-state index in [1.165, 1.54) is 30.2 Å². The Morgan fingerprint density at radius 3 is 2.42 bits per heavy atom. The van der Waals surface area contributed by atoms with Crippen LogP contribution in [0.1, 0.15) is 25.3 Å². The van der Waals surface area contributed by atoms with Gasteiger partial charge in [-0.2, -0.15) is 0 Å². The average molecular weight is 159 g/mol. The molecule has 0 heterocycles. The first kappa shape index (κ1) is 9.37. The van der Waals surface area contributed by atoms with Gasteiger partial charge >= 0.3 is 0 Å². The van der Waals surface area contributed by atoms with Crippen molar-refractivity contribution in [2.45, 2.75) is 33.0 Å². The van der Waals surface area contributed by atoms with E-state index in [1.54, 1.807) is 0 Å². The molecule has 0 saturated carbocycles. The fourth-order valence-corrected chi connectivity index (χ4v) is 1.18. The quantitative estimate of drug-likeness (QED) is 0.467. The van der Waals surface area contributed by atoms with Gasteiger partial charge in [-0.1, -0.05) is 61.4 Å². The maximum absolute atomic E-state index is 2.31. The molecule has 0 bridgehead atoms. The molecular formula is C11H16B. The summed E-state index contributed by atoms with van der Waals surface area (Å²) in [6.07, 6.45) is 3.79. The van der Waals surface area contributed by atoms with E-state index in [9.17, 15) is 0 Å². The van der Waals surface area contributed by atoms with Crippen LogP contribution in [0.3, 0.4) is 0 Å². The van der Waals surface area contributed by atoms with Gasteiger partial charge in [0.15, 0.2) is 7.28 Å². The van der Waals surface area contributed by atoms with Crippen LogP contribution in [0.4, 0.5) is 0 Å². The molecule has 0 aromatic heterocycles. The fraction of sp³-hybridized carbons (Fsp3) is 0.455. The first-order valence-electron chi connectivity index (χ1n) is 4.73. The summed E-state index contributed by atoms with van der Waals surface area (Å²) in [6.45, 7) is 4.35. The van der Waals surface area contributed by atoms with Crippen LogP contribution in [-0.2, 0) is 0 Å².